The van der Waals surface area contributed by atoms with E-state index < -0.39 is 0 Å². The highest BCUT2D eigenvalue weighted by Crippen LogP contribution is 2.16. The van der Waals surface area contributed by atoms with E-state index in [0.29, 0.717) is 0 Å². The van der Waals surface area contributed by atoms with Crippen LogP contribution < -0.4 is 0 Å². The summed E-state index contributed by atoms with van der Waals surface area (Å²) in [5, 5.41) is 15.7. The van der Waals surface area contributed by atoms with E-state index in [0.717, 1.165) is 17.1 Å². The molecule has 0 amide bonds. The molecule has 3 aromatic carbocycles. The molecule has 0 N–H and O–H groups in total. The third-order valence-electron chi connectivity index (χ3n) is 2.76. The fourth-order valence-electron chi connectivity index (χ4n) is 1.71. The van der Waals surface area contributed by atoms with Crippen LogP contribution in [0.25, 0.3) is 0 Å². The minimum atomic E-state index is 0.872. The molecule has 4 nitrogen and oxygen atoms in total. The van der Waals surface area contributed by atoms with Crippen LogP contribution in [-0.4, -0.2) is 7.05 Å². The van der Waals surface area contributed by atoms with Crippen molar-refractivity contribution in [1.82, 2.24) is 0 Å². The molecule has 3 aromatic rings. The van der Waals surface area contributed by atoms with Gasteiger partial charge < -0.3 is 0 Å². The van der Waals surface area contributed by atoms with E-state index in [2.05, 4.69) is 34.3 Å². The molecule has 0 bridgehead atoms. The van der Waals surface area contributed by atoms with Crippen LogP contribution >= 0.6 is 0 Å². The molecule has 0 radical (unpaired) electrons. The molecule has 190 valence electrons. The molecular weight excluding hydrogens is 416 g/mol. The number of azo groups is 2. The summed E-state index contributed by atoms with van der Waals surface area (Å²) in [7, 11) is 1.66. The predicted molar refractivity (Wildman–Crippen MR) is 155 cm³/mol. The number of hydrogen-bond acceptors (Lipinski definition) is 4. The highest BCUT2D eigenvalue weighted by atomic mass is 15.1. The van der Waals surface area contributed by atoms with Crippen LogP contribution in [0.1, 0.15) is 75.7 Å². The van der Waals surface area contributed by atoms with E-state index in [1.165, 1.54) is 6.42 Å². The van der Waals surface area contributed by atoms with E-state index in [-0.39, 0.29) is 0 Å². The van der Waals surface area contributed by atoms with Crippen LogP contribution in [0.4, 0.5) is 17.1 Å². The lowest BCUT2D eigenvalue weighted by molar-refractivity contribution is 1.09. The summed E-state index contributed by atoms with van der Waals surface area (Å²) in [5.41, 5.74) is 2.65. The van der Waals surface area contributed by atoms with E-state index >= 15 is 0 Å². The lowest BCUT2D eigenvalue weighted by Gasteiger charge is -1.91. The molecule has 34 heavy (non-hydrogen) atoms. The van der Waals surface area contributed by atoms with Gasteiger partial charge in [-0.1, -0.05) is 130 Å². The van der Waals surface area contributed by atoms with Crippen molar-refractivity contribution in [2.75, 3.05) is 7.05 Å². The van der Waals surface area contributed by atoms with Gasteiger partial charge in [-0.05, 0) is 36.4 Å². The van der Waals surface area contributed by atoms with Gasteiger partial charge in [0.15, 0.2) is 0 Å². The van der Waals surface area contributed by atoms with E-state index in [4.69, 9.17) is 0 Å². The van der Waals surface area contributed by atoms with Gasteiger partial charge in [-0.2, -0.15) is 20.5 Å². The molecule has 0 unspecified atom stereocenters. The third-order valence-corrected chi connectivity index (χ3v) is 2.76. The van der Waals surface area contributed by atoms with E-state index in [1.54, 1.807) is 7.05 Å². The van der Waals surface area contributed by atoms with Crippen LogP contribution in [0.3, 0.4) is 0 Å². The Morgan fingerprint density at radius 2 is 0.618 bits per heavy atom. The van der Waals surface area contributed by atoms with Crippen LogP contribution in [0.5, 0.6) is 0 Å². The SMILES string of the molecule is CC.CC.CC.CC.CCC.CN=Nc1ccccc1.c1ccc(N=Nc2ccccc2)cc1. The maximum absolute atomic E-state index is 4.10. The second-order valence-corrected chi connectivity index (χ2v) is 5.21. The second-order valence-electron chi connectivity index (χ2n) is 5.21. The summed E-state index contributed by atoms with van der Waals surface area (Å²) in [6, 6.07) is 29.0. The highest BCUT2D eigenvalue weighted by Gasteiger charge is 1.86. The minimum absolute atomic E-state index is 0.872. The number of benzene rings is 3. The Labute approximate surface area is 211 Å². The van der Waals surface area contributed by atoms with Crippen LogP contribution in [0.2, 0.25) is 0 Å². The Bertz CT molecular complexity index is 699. The van der Waals surface area contributed by atoms with Crippen molar-refractivity contribution in [3.05, 3.63) is 91.0 Å². The minimum Gasteiger partial charge on any atom is -0.192 e. The normalized spacial score (nSPS) is 8.32. The fourth-order valence-corrected chi connectivity index (χ4v) is 1.71. The van der Waals surface area contributed by atoms with Gasteiger partial charge in [-0.3, -0.25) is 0 Å². The van der Waals surface area contributed by atoms with Gasteiger partial charge in [-0.15, -0.1) is 0 Å². The predicted octanol–water partition coefficient (Wildman–Crippen LogP) is 12.0. The van der Waals surface area contributed by atoms with Gasteiger partial charge in [0.05, 0.1) is 17.1 Å². The molecule has 0 aliphatic rings. The fraction of sp³-hybridized carbons (Fsp3) is 0.400. The first-order valence-corrected chi connectivity index (χ1v) is 12.7. The summed E-state index contributed by atoms with van der Waals surface area (Å²) < 4.78 is 0. The zero-order valence-corrected chi connectivity index (χ0v) is 23.7. The average molecular weight is 467 g/mol. The number of nitrogens with zero attached hydrogens (tertiary/aromatic N) is 4. The third kappa shape index (κ3) is 26.9. The van der Waals surface area contributed by atoms with Gasteiger partial charge in [0, 0.05) is 7.05 Å². The molecule has 0 saturated heterocycles. The highest BCUT2D eigenvalue weighted by molar-refractivity contribution is 5.39. The summed E-state index contributed by atoms with van der Waals surface area (Å²) >= 11 is 0. The largest absolute Gasteiger partial charge is 0.192 e. The molecule has 0 aliphatic carbocycles. The smallest absolute Gasteiger partial charge is 0.0857 e. The molecule has 0 atom stereocenters. The summed E-state index contributed by atoms with van der Waals surface area (Å²) in [5.74, 6) is 0. The maximum atomic E-state index is 4.10. The summed E-state index contributed by atoms with van der Waals surface area (Å²) in [6.07, 6.45) is 1.25. The van der Waals surface area contributed by atoms with Crippen molar-refractivity contribution < 1.29 is 0 Å². The van der Waals surface area contributed by atoms with Crippen molar-refractivity contribution in [3.63, 3.8) is 0 Å². The summed E-state index contributed by atoms with van der Waals surface area (Å²) in [4.78, 5) is 0. The molecule has 4 heteroatoms. The summed E-state index contributed by atoms with van der Waals surface area (Å²) in [6.45, 7) is 20.2. The first-order chi connectivity index (χ1) is 16.8. The Morgan fingerprint density at radius 1 is 0.412 bits per heavy atom. The van der Waals surface area contributed by atoms with Crippen LogP contribution in [0.15, 0.2) is 111 Å². The first-order valence-electron chi connectivity index (χ1n) is 12.7. The van der Waals surface area contributed by atoms with Crippen LogP contribution in [-0.2, 0) is 0 Å². The van der Waals surface area contributed by atoms with Crippen molar-refractivity contribution >= 4 is 17.1 Å². The lowest BCUT2D eigenvalue weighted by Crippen LogP contribution is -1.62. The topological polar surface area (TPSA) is 49.4 Å². The zero-order chi connectivity index (χ0) is 26.9. The molecule has 0 saturated carbocycles. The molecular formula is C30H50N4. The van der Waals surface area contributed by atoms with Crippen molar-refractivity contribution in [2.24, 2.45) is 20.5 Å². The van der Waals surface area contributed by atoms with Gasteiger partial charge in [0.2, 0.25) is 0 Å². The standard InChI is InChI=1S/C12H10N2.C7H8N2.C3H8.4C2H6/c1-3-7-11(8-4-1)13-14-12-9-5-2-6-10-12;1-8-9-7-5-3-2-4-6-7;1-3-2;4*1-2/h1-10H;2-6H,1H3;3H2,1-2H3;4*1-2H3. The maximum Gasteiger partial charge on any atom is 0.0857 e. The molecule has 0 spiro atoms. The Morgan fingerprint density at radius 3 is 0.824 bits per heavy atom. The average Bonchev–Trinajstić information content (AvgIpc) is 2.95. The lowest BCUT2D eigenvalue weighted by atomic mass is 10.3. The Kier molecular flexibility index (Phi) is 41.7. The number of rotatable bonds is 3. The van der Waals surface area contributed by atoms with Crippen molar-refractivity contribution in [1.29, 1.82) is 0 Å². The Balaban J connectivity index is -0.000000195. The molecule has 3 rings (SSSR count). The molecule has 0 aromatic heterocycles. The number of hydrogen-bond donors (Lipinski definition) is 0. The van der Waals surface area contributed by atoms with Crippen molar-refractivity contribution in [2.45, 2.75) is 75.7 Å². The van der Waals surface area contributed by atoms with E-state index in [9.17, 15) is 0 Å². The zero-order valence-electron chi connectivity index (χ0n) is 23.7. The van der Waals surface area contributed by atoms with Gasteiger partial charge in [-0.25, -0.2) is 0 Å². The Hall–Kier alpha value is -3.14. The van der Waals surface area contributed by atoms with Crippen molar-refractivity contribution in [3.8, 4) is 0 Å². The molecule has 0 heterocycles. The quantitative estimate of drug-likeness (QED) is 0.345. The first kappa shape index (κ1) is 38.1. The van der Waals surface area contributed by atoms with E-state index in [1.807, 2.05) is 146 Å². The molecule has 0 aliphatic heterocycles. The monoisotopic (exact) mass is 466 g/mol. The molecule has 0 fully saturated rings. The van der Waals surface area contributed by atoms with Gasteiger partial charge in [0.25, 0.3) is 0 Å². The van der Waals surface area contributed by atoms with Crippen LogP contribution in [0, 0.1) is 0 Å². The van der Waals surface area contributed by atoms with Gasteiger partial charge >= 0.3 is 0 Å². The van der Waals surface area contributed by atoms with Gasteiger partial charge in [0.1, 0.15) is 0 Å². The second kappa shape index (κ2) is 37.2.